The fraction of sp³-hybridized carbons (Fsp3) is 0.294. The van der Waals surface area contributed by atoms with Crippen LogP contribution < -0.4 is 10.1 Å². The first-order valence-corrected chi connectivity index (χ1v) is 7.24. The van der Waals surface area contributed by atoms with Crippen LogP contribution in [0.25, 0.3) is 6.08 Å². The van der Waals surface area contributed by atoms with E-state index in [1.165, 1.54) is 12.5 Å². The van der Waals surface area contributed by atoms with Crippen molar-refractivity contribution in [3.05, 3.63) is 48.1 Å². The topological polar surface area (TPSA) is 64.4 Å². The number of anilines is 1. The molecule has 5 heteroatoms. The molecule has 22 heavy (non-hydrogen) atoms. The van der Waals surface area contributed by atoms with Crippen molar-refractivity contribution >= 4 is 17.7 Å². The Morgan fingerprint density at radius 3 is 2.86 bits per heavy atom. The Morgan fingerprint density at radius 1 is 1.41 bits per heavy atom. The Balaban J connectivity index is 1.57. The molecule has 1 amide bonds. The Hall–Kier alpha value is -2.56. The van der Waals surface area contributed by atoms with Crippen molar-refractivity contribution < 1.29 is 13.9 Å². The van der Waals surface area contributed by atoms with E-state index in [1.807, 2.05) is 12.1 Å². The van der Waals surface area contributed by atoms with E-state index in [-0.39, 0.29) is 5.91 Å². The lowest BCUT2D eigenvalue weighted by Gasteiger charge is -2.02. The van der Waals surface area contributed by atoms with Crippen LogP contribution in [0.4, 0.5) is 5.69 Å². The van der Waals surface area contributed by atoms with Gasteiger partial charge in [0.25, 0.3) is 0 Å². The number of methoxy groups -OCH3 is 1. The van der Waals surface area contributed by atoms with Gasteiger partial charge in [-0.25, -0.2) is 4.98 Å². The highest BCUT2D eigenvalue weighted by Crippen LogP contribution is 2.47. The summed E-state index contributed by atoms with van der Waals surface area (Å²) >= 11 is 0. The van der Waals surface area contributed by atoms with Crippen LogP contribution in [0.15, 0.2) is 41.0 Å². The highest BCUT2D eigenvalue weighted by molar-refractivity contribution is 6.01. The van der Waals surface area contributed by atoms with Gasteiger partial charge in [-0.1, -0.05) is 6.92 Å². The van der Waals surface area contributed by atoms with E-state index in [4.69, 9.17) is 9.15 Å². The zero-order chi connectivity index (χ0) is 15.5. The number of pyridine rings is 1. The van der Waals surface area contributed by atoms with Crippen LogP contribution in [0.2, 0.25) is 0 Å². The maximum atomic E-state index is 11.8. The van der Waals surface area contributed by atoms with Crippen molar-refractivity contribution in [1.82, 2.24) is 4.98 Å². The zero-order valence-corrected chi connectivity index (χ0v) is 12.6. The van der Waals surface area contributed by atoms with Crippen LogP contribution >= 0.6 is 0 Å². The number of amides is 1. The van der Waals surface area contributed by atoms with Crippen molar-refractivity contribution in [3.63, 3.8) is 0 Å². The average Bonchev–Trinajstić information content (AvgIpc) is 3.08. The van der Waals surface area contributed by atoms with E-state index >= 15 is 0 Å². The fourth-order valence-corrected chi connectivity index (χ4v) is 2.29. The standard InChI is InChI=1S/C17H18N2O3/c1-11-9-14(11)15-6-4-13(22-15)5-7-16(20)19-12-3-8-17(21-2)18-10-12/h3-8,10-11,14H,9H2,1-2H3,(H,19,20)/b7-5+/t11-,14-/m1/s1. The number of rotatable bonds is 5. The smallest absolute Gasteiger partial charge is 0.248 e. The molecule has 0 spiro atoms. The number of carbonyl (C=O) groups is 1. The van der Waals surface area contributed by atoms with Crippen molar-refractivity contribution in [1.29, 1.82) is 0 Å². The molecule has 2 aromatic heterocycles. The molecule has 0 bridgehead atoms. The van der Waals surface area contributed by atoms with Gasteiger partial charge in [0.1, 0.15) is 11.5 Å². The van der Waals surface area contributed by atoms with Crippen LogP contribution in [0.3, 0.4) is 0 Å². The van der Waals surface area contributed by atoms with E-state index in [0.717, 1.165) is 5.76 Å². The van der Waals surface area contributed by atoms with Crippen LogP contribution in [-0.4, -0.2) is 18.0 Å². The summed E-state index contributed by atoms with van der Waals surface area (Å²) < 4.78 is 10.7. The molecule has 1 saturated carbocycles. The lowest BCUT2D eigenvalue weighted by Crippen LogP contribution is -2.07. The molecule has 1 aliphatic rings. The van der Waals surface area contributed by atoms with Gasteiger partial charge in [-0.05, 0) is 36.6 Å². The van der Waals surface area contributed by atoms with Gasteiger partial charge in [0.2, 0.25) is 11.8 Å². The Bertz CT molecular complexity index is 688. The molecule has 2 atom stereocenters. The monoisotopic (exact) mass is 298 g/mol. The number of hydrogen-bond donors (Lipinski definition) is 1. The maximum Gasteiger partial charge on any atom is 0.248 e. The van der Waals surface area contributed by atoms with Gasteiger partial charge in [-0.2, -0.15) is 0 Å². The number of nitrogens with zero attached hydrogens (tertiary/aromatic N) is 1. The summed E-state index contributed by atoms with van der Waals surface area (Å²) in [6.07, 6.45) is 5.84. The molecule has 0 aliphatic heterocycles. The van der Waals surface area contributed by atoms with E-state index in [1.54, 1.807) is 31.5 Å². The SMILES string of the molecule is COc1ccc(NC(=O)/C=C/c2ccc([C@@H]3C[C@H]3C)o2)cn1. The minimum atomic E-state index is -0.232. The third kappa shape index (κ3) is 3.36. The predicted molar refractivity (Wildman–Crippen MR) is 83.7 cm³/mol. The number of carbonyl (C=O) groups excluding carboxylic acids is 1. The molecular formula is C17H18N2O3. The van der Waals surface area contributed by atoms with Crippen LogP contribution in [0, 0.1) is 5.92 Å². The molecule has 2 heterocycles. The maximum absolute atomic E-state index is 11.8. The molecule has 3 rings (SSSR count). The highest BCUT2D eigenvalue weighted by atomic mass is 16.5. The second-order valence-electron chi connectivity index (χ2n) is 5.47. The second-order valence-corrected chi connectivity index (χ2v) is 5.47. The summed E-state index contributed by atoms with van der Waals surface area (Å²) in [4.78, 5) is 15.9. The summed E-state index contributed by atoms with van der Waals surface area (Å²) in [6.45, 7) is 2.21. The lowest BCUT2D eigenvalue weighted by molar-refractivity contribution is -0.111. The van der Waals surface area contributed by atoms with Crippen molar-refractivity contribution in [2.24, 2.45) is 5.92 Å². The lowest BCUT2D eigenvalue weighted by atomic mass is 10.3. The normalized spacial score (nSPS) is 20.1. The number of aromatic nitrogens is 1. The first-order chi connectivity index (χ1) is 10.7. The Kier molecular flexibility index (Phi) is 3.96. The van der Waals surface area contributed by atoms with Crippen molar-refractivity contribution in [2.75, 3.05) is 12.4 Å². The summed E-state index contributed by atoms with van der Waals surface area (Å²) in [7, 11) is 1.54. The molecule has 0 saturated heterocycles. The average molecular weight is 298 g/mol. The quantitative estimate of drug-likeness (QED) is 0.859. The third-order valence-corrected chi connectivity index (χ3v) is 3.73. The molecule has 1 fully saturated rings. The summed E-state index contributed by atoms with van der Waals surface area (Å²) in [6, 6.07) is 7.30. The largest absolute Gasteiger partial charge is 0.481 e. The van der Waals surface area contributed by atoms with E-state index in [9.17, 15) is 4.79 Å². The molecule has 0 aromatic carbocycles. The number of hydrogen-bond acceptors (Lipinski definition) is 4. The Labute approximate surface area is 129 Å². The van der Waals surface area contributed by atoms with Crippen molar-refractivity contribution in [3.8, 4) is 5.88 Å². The highest BCUT2D eigenvalue weighted by Gasteiger charge is 2.36. The van der Waals surface area contributed by atoms with Gasteiger partial charge in [0.15, 0.2) is 0 Å². The molecule has 2 aromatic rings. The second kappa shape index (κ2) is 6.05. The van der Waals surface area contributed by atoms with Gasteiger partial charge < -0.3 is 14.5 Å². The molecule has 5 nitrogen and oxygen atoms in total. The van der Waals surface area contributed by atoms with Gasteiger partial charge >= 0.3 is 0 Å². The van der Waals surface area contributed by atoms with E-state index in [2.05, 4.69) is 17.2 Å². The number of furan rings is 1. The first kappa shape index (κ1) is 14.4. The molecule has 0 unspecified atom stereocenters. The van der Waals surface area contributed by atoms with Crippen molar-refractivity contribution in [2.45, 2.75) is 19.3 Å². The predicted octanol–water partition coefficient (Wildman–Crippen LogP) is 3.46. The van der Waals surface area contributed by atoms with Gasteiger partial charge in [0, 0.05) is 18.1 Å². The minimum absolute atomic E-state index is 0.232. The van der Waals surface area contributed by atoms with Gasteiger partial charge in [-0.3, -0.25) is 4.79 Å². The summed E-state index contributed by atoms with van der Waals surface area (Å²) in [5.41, 5.74) is 0.613. The van der Waals surface area contributed by atoms with Gasteiger partial charge in [0.05, 0.1) is 19.0 Å². The molecule has 0 radical (unpaired) electrons. The molecule has 114 valence electrons. The zero-order valence-electron chi connectivity index (χ0n) is 12.6. The number of ether oxygens (including phenoxy) is 1. The van der Waals surface area contributed by atoms with E-state index in [0.29, 0.717) is 29.2 Å². The van der Waals surface area contributed by atoms with Gasteiger partial charge in [-0.15, -0.1) is 0 Å². The van der Waals surface area contributed by atoms with Crippen LogP contribution in [-0.2, 0) is 4.79 Å². The summed E-state index contributed by atoms with van der Waals surface area (Å²) in [5, 5.41) is 2.73. The molecule has 1 N–H and O–H groups in total. The Morgan fingerprint density at radius 2 is 2.23 bits per heavy atom. The minimum Gasteiger partial charge on any atom is -0.481 e. The van der Waals surface area contributed by atoms with E-state index < -0.39 is 0 Å². The molecular weight excluding hydrogens is 280 g/mol. The first-order valence-electron chi connectivity index (χ1n) is 7.24. The fourth-order valence-electron chi connectivity index (χ4n) is 2.29. The summed E-state index contributed by atoms with van der Waals surface area (Å²) in [5.74, 6) is 3.22. The van der Waals surface area contributed by atoms with Crippen LogP contribution in [0.5, 0.6) is 5.88 Å². The van der Waals surface area contributed by atoms with Crippen LogP contribution in [0.1, 0.15) is 30.8 Å². The third-order valence-electron chi connectivity index (χ3n) is 3.73. The molecule has 1 aliphatic carbocycles. The number of nitrogens with one attached hydrogen (secondary N) is 1.